The van der Waals surface area contributed by atoms with Crippen molar-refractivity contribution in [1.82, 2.24) is 4.57 Å². The summed E-state index contributed by atoms with van der Waals surface area (Å²) in [7, 11) is 0. The van der Waals surface area contributed by atoms with Gasteiger partial charge in [0.25, 0.3) is 0 Å². The lowest BCUT2D eigenvalue weighted by Crippen LogP contribution is -2.19. The maximum atomic E-state index is 2.54. The first-order chi connectivity index (χ1) is 17.9. The zero-order chi connectivity index (χ0) is 25.1. The molecule has 8 rings (SSSR count). The summed E-state index contributed by atoms with van der Waals surface area (Å²) in [5.74, 6) is 0. The molecule has 0 saturated heterocycles. The van der Waals surface area contributed by atoms with E-state index in [0.29, 0.717) is 0 Å². The van der Waals surface area contributed by atoms with E-state index in [1.807, 2.05) is 0 Å². The van der Waals surface area contributed by atoms with Gasteiger partial charge in [0.05, 0.1) is 11.0 Å². The zero-order valence-corrected chi connectivity index (χ0v) is 21.8. The molecule has 1 heteroatoms. The average Bonchev–Trinajstić information content (AvgIpc) is 3.46. The lowest BCUT2D eigenvalue weighted by atomic mass is 9.76. The first kappa shape index (κ1) is 21.0. The predicted octanol–water partition coefficient (Wildman–Crippen LogP) is 9.40. The van der Waals surface area contributed by atoms with Gasteiger partial charge in [-0.05, 0) is 62.7 Å². The fraction of sp³-hybridized carbons (Fsp3) is 0.167. The summed E-state index contributed by atoms with van der Waals surface area (Å²) in [5.41, 5.74) is 15.1. The summed E-state index contributed by atoms with van der Waals surface area (Å²) < 4.78 is 2.54. The topological polar surface area (TPSA) is 4.93 Å². The summed E-state index contributed by atoms with van der Waals surface area (Å²) >= 11 is 0. The van der Waals surface area contributed by atoms with Crippen molar-refractivity contribution in [3.63, 3.8) is 0 Å². The normalized spacial score (nSPS) is 16.0. The van der Waals surface area contributed by atoms with Crippen LogP contribution in [-0.4, -0.2) is 4.57 Å². The molecule has 1 nitrogen and oxygen atoms in total. The first-order valence-electron chi connectivity index (χ1n) is 13.3. The van der Waals surface area contributed by atoms with E-state index in [1.54, 1.807) is 0 Å². The molecule has 0 aliphatic heterocycles. The Morgan fingerprint density at radius 3 is 1.70 bits per heavy atom. The van der Waals surface area contributed by atoms with Gasteiger partial charge in [0.15, 0.2) is 0 Å². The molecule has 1 aromatic heterocycles. The highest BCUT2D eigenvalue weighted by molar-refractivity contribution is 6.20. The van der Waals surface area contributed by atoms with Gasteiger partial charge in [-0.2, -0.15) is 0 Å². The molecule has 2 aliphatic rings. The van der Waals surface area contributed by atoms with Crippen molar-refractivity contribution < 1.29 is 0 Å². The largest absolute Gasteiger partial charge is 0.309 e. The Hall–Kier alpha value is -4.10. The molecule has 178 valence electrons. The van der Waals surface area contributed by atoms with Crippen LogP contribution in [0.2, 0.25) is 0 Å². The molecule has 1 heterocycles. The first-order valence-corrected chi connectivity index (χ1v) is 13.3. The van der Waals surface area contributed by atoms with Gasteiger partial charge in [-0.15, -0.1) is 0 Å². The second kappa shape index (κ2) is 6.81. The van der Waals surface area contributed by atoms with Crippen LogP contribution >= 0.6 is 0 Å². The smallest absolute Gasteiger partial charge is 0.0591 e. The van der Waals surface area contributed by atoms with Gasteiger partial charge < -0.3 is 4.57 Å². The average molecular weight is 476 g/mol. The standard InChI is InChI=1S/C36H29N/c1-35(2)26-19-11-8-16-23(26)29-30-24-17-9-12-20-27(24)36(3,4)33(30)34-31(32(29)35)25-18-10-13-21-28(25)37(34)22-14-6-5-7-15-22/h5-21H,1-4H3. The fourth-order valence-corrected chi connectivity index (χ4v) is 7.60. The number of rotatable bonds is 1. The third-order valence-electron chi connectivity index (χ3n) is 9.12. The van der Waals surface area contributed by atoms with E-state index in [-0.39, 0.29) is 10.8 Å². The SMILES string of the molecule is CC1(C)c2ccccc2-c2c3c(c4c(c21)c1ccccc1n4-c1ccccc1)C(C)(C)c1ccccc1-3. The van der Waals surface area contributed by atoms with Gasteiger partial charge in [0.2, 0.25) is 0 Å². The quantitative estimate of drug-likeness (QED) is 0.223. The third-order valence-corrected chi connectivity index (χ3v) is 9.12. The van der Waals surface area contributed by atoms with Crippen LogP contribution in [0.4, 0.5) is 0 Å². The van der Waals surface area contributed by atoms with Gasteiger partial charge >= 0.3 is 0 Å². The van der Waals surface area contributed by atoms with Crippen LogP contribution in [0.5, 0.6) is 0 Å². The maximum Gasteiger partial charge on any atom is 0.0591 e. The molecule has 0 saturated carbocycles. The third kappa shape index (κ3) is 2.40. The molecular formula is C36H29N. The second-order valence-electron chi connectivity index (χ2n) is 11.8. The number of nitrogens with zero attached hydrogens (tertiary/aromatic N) is 1. The number of fused-ring (bicyclic) bond motifs is 12. The summed E-state index contributed by atoms with van der Waals surface area (Å²) in [6, 6.07) is 38.1. The van der Waals surface area contributed by atoms with Crippen LogP contribution in [0.3, 0.4) is 0 Å². The van der Waals surface area contributed by atoms with Crippen LogP contribution in [0, 0.1) is 0 Å². The van der Waals surface area contributed by atoms with E-state index in [0.717, 1.165) is 0 Å². The number of aromatic nitrogens is 1. The monoisotopic (exact) mass is 475 g/mol. The Morgan fingerprint density at radius 2 is 1.03 bits per heavy atom. The highest BCUT2D eigenvalue weighted by Gasteiger charge is 2.47. The lowest BCUT2D eigenvalue weighted by Gasteiger charge is -2.27. The van der Waals surface area contributed by atoms with Crippen molar-refractivity contribution >= 4 is 21.8 Å². The van der Waals surface area contributed by atoms with Gasteiger partial charge in [0, 0.05) is 27.3 Å². The molecular weight excluding hydrogens is 446 g/mol. The minimum Gasteiger partial charge on any atom is -0.309 e. The summed E-state index contributed by atoms with van der Waals surface area (Å²) in [5, 5.41) is 2.75. The highest BCUT2D eigenvalue weighted by Crippen LogP contribution is 2.63. The molecule has 0 atom stereocenters. The van der Waals surface area contributed by atoms with Crippen LogP contribution in [-0.2, 0) is 10.8 Å². The Balaban J connectivity index is 1.73. The molecule has 0 fully saturated rings. The Morgan fingerprint density at radius 1 is 0.514 bits per heavy atom. The van der Waals surface area contributed by atoms with Crippen LogP contribution in [0.1, 0.15) is 49.9 Å². The van der Waals surface area contributed by atoms with Crippen LogP contribution < -0.4 is 0 Å². The fourth-order valence-electron chi connectivity index (χ4n) is 7.60. The maximum absolute atomic E-state index is 2.54. The zero-order valence-electron chi connectivity index (χ0n) is 21.8. The lowest BCUT2D eigenvalue weighted by molar-refractivity contribution is 0.658. The number of para-hydroxylation sites is 2. The molecule has 0 amide bonds. The molecule has 0 radical (unpaired) electrons. The van der Waals surface area contributed by atoms with Gasteiger partial charge in [-0.1, -0.05) is 113 Å². The van der Waals surface area contributed by atoms with Crippen molar-refractivity contribution in [3.05, 3.63) is 125 Å². The van der Waals surface area contributed by atoms with E-state index in [1.165, 1.54) is 72.0 Å². The summed E-state index contributed by atoms with van der Waals surface area (Å²) in [4.78, 5) is 0. The van der Waals surface area contributed by atoms with Crippen molar-refractivity contribution in [3.8, 4) is 27.9 Å². The van der Waals surface area contributed by atoms with E-state index in [4.69, 9.17) is 0 Å². The Labute approximate surface area is 218 Å². The molecule has 0 N–H and O–H groups in total. The Bertz CT molecular complexity index is 1910. The number of hydrogen-bond acceptors (Lipinski definition) is 0. The molecule has 0 bridgehead atoms. The molecule has 0 unspecified atom stereocenters. The highest BCUT2D eigenvalue weighted by atomic mass is 15.0. The summed E-state index contributed by atoms with van der Waals surface area (Å²) in [6.45, 7) is 9.68. The van der Waals surface area contributed by atoms with E-state index < -0.39 is 0 Å². The second-order valence-corrected chi connectivity index (χ2v) is 11.8. The summed E-state index contributed by atoms with van der Waals surface area (Å²) in [6.07, 6.45) is 0. The van der Waals surface area contributed by atoms with E-state index >= 15 is 0 Å². The molecule has 2 aliphatic carbocycles. The van der Waals surface area contributed by atoms with E-state index in [2.05, 4.69) is 135 Å². The minimum atomic E-state index is -0.123. The van der Waals surface area contributed by atoms with Crippen molar-refractivity contribution in [2.24, 2.45) is 0 Å². The molecule has 37 heavy (non-hydrogen) atoms. The number of benzene rings is 5. The van der Waals surface area contributed by atoms with Crippen molar-refractivity contribution in [2.75, 3.05) is 0 Å². The predicted molar refractivity (Wildman–Crippen MR) is 156 cm³/mol. The van der Waals surface area contributed by atoms with Crippen LogP contribution in [0.25, 0.3) is 49.7 Å². The minimum absolute atomic E-state index is 0.105. The van der Waals surface area contributed by atoms with E-state index in [9.17, 15) is 0 Å². The van der Waals surface area contributed by atoms with Gasteiger partial charge in [-0.25, -0.2) is 0 Å². The number of hydrogen-bond donors (Lipinski definition) is 0. The Kier molecular flexibility index (Phi) is 3.87. The molecule has 0 spiro atoms. The molecule has 5 aromatic carbocycles. The van der Waals surface area contributed by atoms with Crippen molar-refractivity contribution in [2.45, 2.75) is 38.5 Å². The van der Waals surface area contributed by atoms with Crippen LogP contribution in [0.15, 0.2) is 103 Å². The van der Waals surface area contributed by atoms with Gasteiger partial charge in [0.1, 0.15) is 0 Å². The van der Waals surface area contributed by atoms with Gasteiger partial charge in [-0.3, -0.25) is 0 Å². The molecule has 6 aromatic rings. The van der Waals surface area contributed by atoms with Crippen molar-refractivity contribution in [1.29, 1.82) is 0 Å².